The van der Waals surface area contributed by atoms with E-state index in [0.717, 1.165) is 5.56 Å². The molecule has 0 fully saturated rings. The predicted octanol–water partition coefficient (Wildman–Crippen LogP) is 2.74. The molecule has 1 rings (SSSR count). The molecule has 7 nitrogen and oxygen atoms in total. The Morgan fingerprint density at radius 3 is 2.22 bits per heavy atom. The van der Waals surface area contributed by atoms with Crippen molar-refractivity contribution in [2.24, 2.45) is 5.92 Å². The first-order valence-electron chi connectivity index (χ1n) is 8.92. The summed E-state index contributed by atoms with van der Waals surface area (Å²) in [5.41, 5.74) is 0.0437. The second-order valence-electron chi connectivity index (χ2n) is 7.50. The molecule has 0 saturated heterocycles. The lowest BCUT2D eigenvalue weighted by atomic mass is 9.99. The third-order valence-electron chi connectivity index (χ3n) is 4.03. The van der Waals surface area contributed by atoms with E-state index in [9.17, 15) is 14.4 Å². The van der Waals surface area contributed by atoms with Gasteiger partial charge in [-0.05, 0) is 25.3 Å². The second kappa shape index (κ2) is 9.94. The first kappa shape index (κ1) is 22.5. The van der Waals surface area contributed by atoms with Crippen LogP contribution in [0.3, 0.4) is 0 Å². The number of nitrogens with zero attached hydrogens (tertiary/aromatic N) is 1. The van der Waals surface area contributed by atoms with E-state index in [2.05, 4.69) is 5.32 Å². The van der Waals surface area contributed by atoms with Gasteiger partial charge in [0.2, 0.25) is 11.8 Å². The molecular formula is C20H30N2O5. The Labute approximate surface area is 161 Å². The molecule has 0 saturated carbocycles. The van der Waals surface area contributed by atoms with Crippen LogP contribution in [0.1, 0.15) is 40.2 Å². The van der Waals surface area contributed by atoms with Gasteiger partial charge < -0.3 is 19.7 Å². The van der Waals surface area contributed by atoms with Crippen LogP contribution in [0.25, 0.3) is 0 Å². The summed E-state index contributed by atoms with van der Waals surface area (Å²) in [7, 11) is 1.59. The second-order valence-corrected chi connectivity index (χ2v) is 7.50. The molecule has 0 spiro atoms. The third kappa shape index (κ3) is 7.68. The lowest BCUT2D eigenvalue weighted by Gasteiger charge is -2.33. The van der Waals surface area contributed by atoms with Crippen LogP contribution in [0.15, 0.2) is 30.3 Å². The topological polar surface area (TPSA) is 84.9 Å². The first-order valence-corrected chi connectivity index (χ1v) is 8.92. The molecule has 0 aromatic heterocycles. The zero-order valence-corrected chi connectivity index (χ0v) is 16.9. The van der Waals surface area contributed by atoms with Gasteiger partial charge in [-0.25, -0.2) is 4.79 Å². The van der Waals surface area contributed by atoms with Crippen molar-refractivity contribution in [2.75, 3.05) is 13.7 Å². The summed E-state index contributed by atoms with van der Waals surface area (Å²) in [6.07, 6.45) is -0.803. The normalized spacial score (nSPS) is 12.3. The van der Waals surface area contributed by atoms with Gasteiger partial charge in [-0.3, -0.25) is 9.59 Å². The van der Waals surface area contributed by atoms with E-state index in [1.807, 2.05) is 44.2 Å². The van der Waals surface area contributed by atoms with E-state index < -0.39 is 17.7 Å². The van der Waals surface area contributed by atoms with Gasteiger partial charge in [-0.15, -0.1) is 0 Å². The lowest BCUT2D eigenvalue weighted by Crippen LogP contribution is -2.56. The van der Waals surface area contributed by atoms with Crippen LogP contribution in [0.2, 0.25) is 0 Å². The molecule has 0 bridgehead atoms. The average Bonchev–Trinajstić information content (AvgIpc) is 2.58. The molecule has 0 aliphatic carbocycles. The molecule has 7 heteroatoms. The Balaban J connectivity index is 2.54. The fourth-order valence-corrected chi connectivity index (χ4v) is 2.56. The fraction of sp³-hybridized carbons (Fsp3) is 0.550. The van der Waals surface area contributed by atoms with Crippen molar-refractivity contribution >= 4 is 18.0 Å². The van der Waals surface area contributed by atoms with E-state index in [-0.39, 0.29) is 30.9 Å². The molecule has 1 atom stereocenters. The number of ether oxygens (including phenoxy) is 2. The fourth-order valence-electron chi connectivity index (χ4n) is 2.56. The highest BCUT2D eigenvalue weighted by molar-refractivity contribution is 5.87. The summed E-state index contributed by atoms with van der Waals surface area (Å²) < 4.78 is 10.2. The molecule has 27 heavy (non-hydrogen) atoms. The molecule has 0 aliphatic heterocycles. The number of amides is 2. The molecule has 1 unspecified atom stereocenters. The Kier molecular flexibility index (Phi) is 8.28. The molecule has 1 N–H and O–H groups in total. The van der Waals surface area contributed by atoms with E-state index in [4.69, 9.17) is 9.47 Å². The minimum atomic E-state index is -0.812. The largest absolute Gasteiger partial charge is 0.508 e. The Morgan fingerprint density at radius 2 is 1.70 bits per heavy atom. The van der Waals surface area contributed by atoms with Crippen molar-refractivity contribution in [1.82, 2.24) is 10.2 Å². The van der Waals surface area contributed by atoms with Gasteiger partial charge in [0.25, 0.3) is 0 Å². The minimum absolute atomic E-state index is 0.0546. The van der Waals surface area contributed by atoms with E-state index >= 15 is 0 Å². The summed E-state index contributed by atoms with van der Waals surface area (Å²) in [5, 5.41) is 2.84. The van der Waals surface area contributed by atoms with Crippen molar-refractivity contribution in [3.05, 3.63) is 35.9 Å². The number of benzene rings is 1. The molecule has 0 aliphatic rings. The first-order chi connectivity index (χ1) is 12.5. The molecule has 150 valence electrons. The lowest BCUT2D eigenvalue weighted by molar-refractivity contribution is -0.140. The summed E-state index contributed by atoms with van der Waals surface area (Å²) >= 11 is 0. The van der Waals surface area contributed by atoms with Crippen LogP contribution < -0.4 is 5.32 Å². The van der Waals surface area contributed by atoms with Crippen LogP contribution in [-0.2, 0) is 25.7 Å². The highest BCUT2D eigenvalue weighted by atomic mass is 16.7. The molecule has 2 amide bonds. The SMILES string of the molecule is CC(=O)N(C)C(C(=O)NC(C)(C)COC(=O)OCc1ccccc1)C(C)C. The van der Waals surface area contributed by atoms with E-state index in [1.54, 1.807) is 20.9 Å². The standard InChI is InChI=1S/C20H30N2O5/c1-14(2)17(22(6)15(3)23)18(24)21-20(4,5)13-27-19(25)26-12-16-10-8-7-9-11-16/h7-11,14,17H,12-13H2,1-6H3,(H,21,24). The number of rotatable bonds is 8. The average molecular weight is 378 g/mol. The predicted molar refractivity (Wildman–Crippen MR) is 102 cm³/mol. The Bertz CT molecular complexity index is 643. The van der Waals surface area contributed by atoms with Crippen molar-refractivity contribution in [3.63, 3.8) is 0 Å². The Hall–Kier alpha value is -2.57. The van der Waals surface area contributed by atoms with Crippen LogP contribution >= 0.6 is 0 Å². The zero-order valence-electron chi connectivity index (χ0n) is 16.9. The number of hydrogen-bond acceptors (Lipinski definition) is 5. The third-order valence-corrected chi connectivity index (χ3v) is 4.03. The number of carbonyl (C=O) groups is 3. The van der Waals surface area contributed by atoms with E-state index in [1.165, 1.54) is 11.8 Å². The van der Waals surface area contributed by atoms with Crippen LogP contribution in [0, 0.1) is 5.92 Å². The summed E-state index contributed by atoms with van der Waals surface area (Å²) in [5.74, 6) is -0.553. The number of hydrogen-bond donors (Lipinski definition) is 1. The molecule has 0 radical (unpaired) electrons. The van der Waals surface area contributed by atoms with Crippen molar-refractivity contribution in [2.45, 2.75) is 52.8 Å². The summed E-state index contributed by atoms with van der Waals surface area (Å²) in [4.78, 5) is 37.4. The summed E-state index contributed by atoms with van der Waals surface area (Å²) in [6.45, 7) is 8.69. The van der Waals surface area contributed by atoms with Crippen molar-refractivity contribution in [1.29, 1.82) is 0 Å². The van der Waals surface area contributed by atoms with Gasteiger partial charge in [0, 0.05) is 14.0 Å². The maximum atomic E-state index is 12.6. The quantitative estimate of drug-likeness (QED) is 0.703. The van der Waals surface area contributed by atoms with Gasteiger partial charge >= 0.3 is 6.16 Å². The maximum absolute atomic E-state index is 12.6. The Morgan fingerprint density at radius 1 is 1.11 bits per heavy atom. The van der Waals surface area contributed by atoms with Crippen LogP contribution in [-0.4, -0.2) is 48.1 Å². The number of likely N-dealkylation sites (N-methyl/N-ethyl adjacent to an activating group) is 1. The molecule has 1 aromatic carbocycles. The maximum Gasteiger partial charge on any atom is 0.508 e. The van der Waals surface area contributed by atoms with Gasteiger partial charge in [-0.1, -0.05) is 44.2 Å². The number of nitrogens with one attached hydrogen (secondary N) is 1. The molecule has 0 heterocycles. The van der Waals surface area contributed by atoms with Gasteiger partial charge in [-0.2, -0.15) is 0 Å². The van der Waals surface area contributed by atoms with Gasteiger partial charge in [0.1, 0.15) is 19.3 Å². The van der Waals surface area contributed by atoms with Gasteiger partial charge in [0.05, 0.1) is 5.54 Å². The highest BCUT2D eigenvalue weighted by Gasteiger charge is 2.32. The highest BCUT2D eigenvalue weighted by Crippen LogP contribution is 2.13. The van der Waals surface area contributed by atoms with E-state index in [0.29, 0.717) is 0 Å². The smallest absolute Gasteiger partial charge is 0.432 e. The minimum Gasteiger partial charge on any atom is -0.432 e. The summed E-state index contributed by atoms with van der Waals surface area (Å²) in [6, 6.07) is 8.66. The zero-order chi connectivity index (χ0) is 20.6. The van der Waals surface area contributed by atoms with Crippen molar-refractivity contribution in [3.8, 4) is 0 Å². The van der Waals surface area contributed by atoms with Crippen LogP contribution in [0.5, 0.6) is 0 Å². The monoisotopic (exact) mass is 378 g/mol. The number of carbonyl (C=O) groups excluding carboxylic acids is 3. The van der Waals surface area contributed by atoms with Gasteiger partial charge in [0.15, 0.2) is 0 Å². The van der Waals surface area contributed by atoms with Crippen molar-refractivity contribution < 1.29 is 23.9 Å². The van der Waals surface area contributed by atoms with Crippen LogP contribution in [0.4, 0.5) is 4.79 Å². The molecular weight excluding hydrogens is 348 g/mol. The molecule has 1 aromatic rings.